The number of nitrogens with zero attached hydrogens (tertiary/aromatic N) is 2. The molecule has 1 heterocycles. The monoisotopic (exact) mass is 218 g/mol. The minimum Gasteiger partial charge on any atom is -0.321 e. The molecule has 0 fully saturated rings. The third kappa shape index (κ3) is 1.74. The van der Waals surface area contributed by atoms with E-state index < -0.39 is 0 Å². The Balaban J connectivity index is 2.43. The highest BCUT2D eigenvalue weighted by Gasteiger charge is 2.14. The van der Waals surface area contributed by atoms with E-state index in [0.29, 0.717) is 17.5 Å². The molecule has 0 saturated heterocycles. The lowest BCUT2D eigenvalue weighted by Gasteiger charge is -2.15. The van der Waals surface area contributed by atoms with Gasteiger partial charge >= 0.3 is 0 Å². The molecule has 16 heavy (non-hydrogen) atoms. The highest BCUT2D eigenvalue weighted by Crippen LogP contribution is 2.21. The molecule has 0 spiro atoms. The molecule has 0 bridgehead atoms. The van der Waals surface area contributed by atoms with Gasteiger partial charge in [0, 0.05) is 5.56 Å². The largest absolute Gasteiger partial charge is 0.321 e. The van der Waals surface area contributed by atoms with Gasteiger partial charge in [0.15, 0.2) is 6.29 Å². The lowest BCUT2D eigenvalue weighted by atomic mass is 10.1. The minimum absolute atomic E-state index is 0.246. The van der Waals surface area contributed by atoms with E-state index in [4.69, 9.17) is 0 Å². The Morgan fingerprint density at radius 2 is 2.19 bits per heavy atom. The fourth-order valence-electron chi connectivity index (χ4n) is 1.69. The molecule has 2 rings (SSSR count). The van der Waals surface area contributed by atoms with Crippen molar-refractivity contribution in [3.8, 4) is 0 Å². The summed E-state index contributed by atoms with van der Waals surface area (Å²) in [6.07, 6.45) is 3.70. The number of carbonyl (C=O) groups excluding carboxylic acids is 1. The number of hydrogen-bond acceptors (Lipinski definition) is 2. The molecule has 0 radical (unpaired) electrons. The Labute approximate surface area is 92.5 Å². The normalized spacial score (nSPS) is 12.4. The predicted octanol–water partition coefficient (Wildman–Crippen LogP) is 2.44. The second-order valence-electron chi connectivity index (χ2n) is 3.54. The summed E-state index contributed by atoms with van der Waals surface area (Å²) in [5.41, 5.74) is 0.986. The van der Waals surface area contributed by atoms with Gasteiger partial charge in [0.1, 0.15) is 11.5 Å². The Hall–Kier alpha value is -1.97. The lowest BCUT2D eigenvalue weighted by Crippen LogP contribution is -2.10. The summed E-state index contributed by atoms with van der Waals surface area (Å²) in [6.45, 7) is 1.83. The van der Waals surface area contributed by atoms with E-state index in [9.17, 15) is 9.18 Å². The van der Waals surface area contributed by atoms with Crippen LogP contribution in [0, 0.1) is 5.82 Å². The zero-order valence-corrected chi connectivity index (χ0v) is 8.80. The SMILES string of the molecule is CC(c1ccccc1F)n1cncc1C=O. The summed E-state index contributed by atoms with van der Waals surface area (Å²) in [5.74, 6) is -0.277. The predicted molar refractivity (Wildman–Crippen MR) is 57.8 cm³/mol. The van der Waals surface area contributed by atoms with Gasteiger partial charge < -0.3 is 4.57 Å². The van der Waals surface area contributed by atoms with E-state index in [-0.39, 0.29) is 11.9 Å². The van der Waals surface area contributed by atoms with Crippen molar-refractivity contribution in [2.75, 3.05) is 0 Å². The maximum Gasteiger partial charge on any atom is 0.168 e. The van der Waals surface area contributed by atoms with Gasteiger partial charge in [0.05, 0.1) is 18.6 Å². The summed E-state index contributed by atoms with van der Waals surface area (Å²) in [6, 6.07) is 6.27. The van der Waals surface area contributed by atoms with E-state index >= 15 is 0 Å². The standard InChI is InChI=1S/C12H11FN2O/c1-9(11-4-2-3-5-12(11)13)15-8-14-6-10(15)7-16/h2-9H,1H3. The average Bonchev–Trinajstić information content (AvgIpc) is 2.77. The maximum atomic E-state index is 13.5. The molecule has 1 unspecified atom stereocenters. The van der Waals surface area contributed by atoms with Gasteiger partial charge in [-0.2, -0.15) is 0 Å². The fraction of sp³-hybridized carbons (Fsp3) is 0.167. The summed E-state index contributed by atoms with van der Waals surface area (Å²) < 4.78 is 15.2. The maximum absolute atomic E-state index is 13.5. The average molecular weight is 218 g/mol. The Morgan fingerprint density at radius 1 is 1.44 bits per heavy atom. The highest BCUT2D eigenvalue weighted by molar-refractivity contribution is 5.71. The quantitative estimate of drug-likeness (QED) is 0.741. The van der Waals surface area contributed by atoms with Gasteiger partial charge in [-0.15, -0.1) is 0 Å². The van der Waals surface area contributed by atoms with Gasteiger partial charge in [-0.3, -0.25) is 4.79 Å². The highest BCUT2D eigenvalue weighted by atomic mass is 19.1. The molecule has 0 N–H and O–H groups in total. The molecule has 1 aromatic carbocycles. The van der Waals surface area contributed by atoms with Crippen molar-refractivity contribution in [1.82, 2.24) is 9.55 Å². The first-order chi connectivity index (χ1) is 7.74. The number of halogens is 1. The van der Waals surface area contributed by atoms with Crippen molar-refractivity contribution < 1.29 is 9.18 Å². The van der Waals surface area contributed by atoms with Crippen molar-refractivity contribution in [2.45, 2.75) is 13.0 Å². The Bertz CT molecular complexity index is 507. The van der Waals surface area contributed by atoms with E-state index in [0.717, 1.165) is 0 Å². The van der Waals surface area contributed by atoms with Crippen LogP contribution in [0.2, 0.25) is 0 Å². The van der Waals surface area contributed by atoms with Gasteiger partial charge in [0.25, 0.3) is 0 Å². The van der Waals surface area contributed by atoms with E-state index in [1.165, 1.54) is 18.6 Å². The molecule has 1 atom stereocenters. The first kappa shape index (κ1) is 10.5. The minimum atomic E-state index is -0.277. The smallest absolute Gasteiger partial charge is 0.168 e. The molecular weight excluding hydrogens is 207 g/mol. The van der Waals surface area contributed by atoms with E-state index in [1.807, 2.05) is 6.92 Å². The zero-order chi connectivity index (χ0) is 11.5. The third-order valence-corrected chi connectivity index (χ3v) is 2.59. The molecule has 0 saturated carbocycles. The number of rotatable bonds is 3. The molecule has 2 aromatic rings. The van der Waals surface area contributed by atoms with Crippen LogP contribution < -0.4 is 0 Å². The van der Waals surface area contributed by atoms with Crippen LogP contribution in [0.1, 0.15) is 29.0 Å². The lowest BCUT2D eigenvalue weighted by molar-refractivity contribution is 0.111. The van der Waals surface area contributed by atoms with Gasteiger partial charge in [-0.05, 0) is 13.0 Å². The fourth-order valence-corrected chi connectivity index (χ4v) is 1.69. The van der Waals surface area contributed by atoms with Crippen LogP contribution >= 0.6 is 0 Å². The molecule has 0 aliphatic heterocycles. The number of aldehydes is 1. The third-order valence-electron chi connectivity index (χ3n) is 2.59. The van der Waals surface area contributed by atoms with Crippen LogP contribution in [0.4, 0.5) is 4.39 Å². The van der Waals surface area contributed by atoms with Crippen LogP contribution in [0.5, 0.6) is 0 Å². The summed E-state index contributed by atoms with van der Waals surface area (Å²) >= 11 is 0. The first-order valence-corrected chi connectivity index (χ1v) is 4.95. The van der Waals surface area contributed by atoms with E-state index in [2.05, 4.69) is 4.98 Å². The van der Waals surface area contributed by atoms with Crippen molar-refractivity contribution in [1.29, 1.82) is 0 Å². The number of aromatic nitrogens is 2. The zero-order valence-electron chi connectivity index (χ0n) is 8.80. The molecule has 4 heteroatoms. The molecule has 0 aliphatic carbocycles. The summed E-state index contributed by atoms with van der Waals surface area (Å²) in [4.78, 5) is 14.6. The van der Waals surface area contributed by atoms with Crippen LogP contribution in [0.3, 0.4) is 0 Å². The van der Waals surface area contributed by atoms with Crippen molar-refractivity contribution >= 4 is 6.29 Å². The van der Waals surface area contributed by atoms with Crippen LogP contribution in [0.15, 0.2) is 36.8 Å². The number of benzene rings is 1. The van der Waals surface area contributed by atoms with Crippen molar-refractivity contribution in [3.63, 3.8) is 0 Å². The van der Waals surface area contributed by atoms with Gasteiger partial charge in [-0.25, -0.2) is 9.37 Å². The first-order valence-electron chi connectivity index (χ1n) is 4.95. The molecule has 0 amide bonds. The summed E-state index contributed by atoms with van der Waals surface area (Å²) in [5, 5.41) is 0. The molecule has 82 valence electrons. The van der Waals surface area contributed by atoms with Gasteiger partial charge in [-0.1, -0.05) is 18.2 Å². The topological polar surface area (TPSA) is 34.9 Å². The molecule has 1 aromatic heterocycles. The van der Waals surface area contributed by atoms with Gasteiger partial charge in [0.2, 0.25) is 0 Å². The number of hydrogen-bond donors (Lipinski definition) is 0. The number of carbonyl (C=O) groups is 1. The molecule has 3 nitrogen and oxygen atoms in total. The number of imidazole rings is 1. The molecular formula is C12H11FN2O. The Kier molecular flexibility index (Phi) is 2.81. The van der Waals surface area contributed by atoms with Crippen LogP contribution in [-0.4, -0.2) is 15.8 Å². The van der Waals surface area contributed by atoms with Crippen LogP contribution in [0.25, 0.3) is 0 Å². The Morgan fingerprint density at radius 3 is 2.88 bits per heavy atom. The van der Waals surface area contributed by atoms with Crippen molar-refractivity contribution in [3.05, 3.63) is 53.9 Å². The van der Waals surface area contributed by atoms with Crippen LogP contribution in [-0.2, 0) is 0 Å². The van der Waals surface area contributed by atoms with Crippen molar-refractivity contribution in [2.24, 2.45) is 0 Å². The second-order valence-corrected chi connectivity index (χ2v) is 3.54. The second kappa shape index (κ2) is 4.26. The van der Waals surface area contributed by atoms with E-state index in [1.54, 1.807) is 22.8 Å². The summed E-state index contributed by atoms with van der Waals surface area (Å²) in [7, 11) is 0. The molecule has 0 aliphatic rings.